The van der Waals surface area contributed by atoms with Gasteiger partial charge in [0.2, 0.25) is 0 Å². The Morgan fingerprint density at radius 2 is 2.10 bits per heavy atom. The molecule has 2 rings (SSSR count). The summed E-state index contributed by atoms with van der Waals surface area (Å²) in [5.74, 6) is 0.831. The van der Waals surface area contributed by atoms with E-state index in [1.165, 1.54) is 30.6 Å². The lowest BCUT2D eigenvalue weighted by Crippen LogP contribution is -2.55. The van der Waals surface area contributed by atoms with Crippen LogP contribution in [0.4, 0.5) is 0 Å². The van der Waals surface area contributed by atoms with Crippen molar-refractivity contribution in [2.45, 2.75) is 64.5 Å². The van der Waals surface area contributed by atoms with Gasteiger partial charge in [0.1, 0.15) is 0 Å². The molecule has 1 aliphatic rings. The Morgan fingerprint density at radius 3 is 2.62 bits per heavy atom. The number of halogens is 1. The van der Waals surface area contributed by atoms with Crippen molar-refractivity contribution in [3.8, 4) is 0 Å². The van der Waals surface area contributed by atoms with E-state index in [2.05, 4.69) is 32.2 Å². The highest BCUT2D eigenvalue weighted by atomic mass is 35.5. The number of nitrogens with one attached hydrogen (secondary N) is 1. The van der Waals surface area contributed by atoms with Gasteiger partial charge in [0.25, 0.3) is 0 Å². The summed E-state index contributed by atoms with van der Waals surface area (Å²) in [6.45, 7) is 8.43. The Hall–Kier alpha value is -0.0900. The summed E-state index contributed by atoms with van der Waals surface area (Å²) in [6.07, 6.45) is 5.89. The van der Waals surface area contributed by atoms with Gasteiger partial charge in [0, 0.05) is 17.5 Å². The first kappa shape index (κ1) is 17.3. The molecule has 1 atom stereocenters. The van der Waals surface area contributed by atoms with Gasteiger partial charge in [-0.25, -0.2) is 0 Å². The quantitative estimate of drug-likeness (QED) is 0.767. The standard InChI is InChI=1S/C17H28ClNOS/c1-4-19-15(12-14-6-7-16(18)21-14)17(20-5-2)10-8-13(3)9-11-17/h6-7,13,15,19H,4-5,8-12H2,1-3H3. The molecule has 0 aliphatic heterocycles. The van der Waals surface area contributed by atoms with Crippen LogP contribution in [-0.4, -0.2) is 24.8 Å². The third kappa shape index (κ3) is 4.44. The molecule has 1 unspecified atom stereocenters. The largest absolute Gasteiger partial charge is 0.374 e. The van der Waals surface area contributed by atoms with Crippen LogP contribution in [0.1, 0.15) is 51.3 Å². The first-order valence-corrected chi connectivity index (χ1v) is 9.40. The number of hydrogen-bond acceptors (Lipinski definition) is 3. The van der Waals surface area contributed by atoms with E-state index in [1.807, 2.05) is 6.07 Å². The van der Waals surface area contributed by atoms with Crippen molar-refractivity contribution in [2.24, 2.45) is 5.92 Å². The number of thiophene rings is 1. The maximum atomic E-state index is 6.32. The molecule has 2 nitrogen and oxygen atoms in total. The molecule has 0 aromatic carbocycles. The zero-order chi connectivity index (χ0) is 15.3. The molecule has 1 N–H and O–H groups in total. The van der Waals surface area contributed by atoms with Crippen molar-refractivity contribution in [3.63, 3.8) is 0 Å². The molecule has 1 heterocycles. The molecule has 21 heavy (non-hydrogen) atoms. The Morgan fingerprint density at radius 1 is 1.38 bits per heavy atom. The summed E-state index contributed by atoms with van der Waals surface area (Å²) in [5, 5.41) is 3.69. The lowest BCUT2D eigenvalue weighted by molar-refractivity contribution is -0.0956. The van der Waals surface area contributed by atoms with Gasteiger partial charge in [-0.1, -0.05) is 25.4 Å². The number of likely N-dealkylation sites (N-methyl/N-ethyl adjacent to an activating group) is 1. The predicted molar refractivity (Wildman–Crippen MR) is 92.5 cm³/mol. The van der Waals surface area contributed by atoms with E-state index in [0.717, 1.165) is 29.8 Å². The normalized spacial score (nSPS) is 27.7. The second-order valence-corrected chi connectivity index (χ2v) is 8.00. The topological polar surface area (TPSA) is 21.3 Å². The highest BCUT2D eigenvalue weighted by Gasteiger charge is 2.41. The molecule has 1 aromatic heterocycles. The number of ether oxygens (including phenoxy) is 1. The number of hydrogen-bond donors (Lipinski definition) is 1. The monoisotopic (exact) mass is 329 g/mol. The molecule has 0 spiro atoms. The van der Waals surface area contributed by atoms with Gasteiger partial charge in [-0.2, -0.15) is 0 Å². The summed E-state index contributed by atoms with van der Waals surface area (Å²) in [6, 6.07) is 4.54. The van der Waals surface area contributed by atoms with E-state index in [4.69, 9.17) is 16.3 Å². The molecule has 0 bridgehead atoms. The molecule has 0 radical (unpaired) electrons. The van der Waals surface area contributed by atoms with Gasteiger partial charge >= 0.3 is 0 Å². The van der Waals surface area contributed by atoms with Gasteiger partial charge in [0.15, 0.2) is 0 Å². The highest BCUT2D eigenvalue weighted by molar-refractivity contribution is 7.16. The summed E-state index contributed by atoms with van der Waals surface area (Å²) in [5.41, 5.74) is -0.00621. The first-order chi connectivity index (χ1) is 10.1. The lowest BCUT2D eigenvalue weighted by Gasteiger charge is -2.45. The van der Waals surface area contributed by atoms with Crippen LogP contribution in [0.15, 0.2) is 12.1 Å². The predicted octanol–water partition coefficient (Wildman–Crippen LogP) is 4.91. The van der Waals surface area contributed by atoms with Crippen molar-refractivity contribution >= 4 is 22.9 Å². The highest BCUT2D eigenvalue weighted by Crippen LogP contribution is 2.39. The molecule has 1 aromatic rings. The van der Waals surface area contributed by atoms with Crippen molar-refractivity contribution in [1.29, 1.82) is 0 Å². The minimum absolute atomic E-state index is 0.00621. The van der Waals surface area contributed by atoms with Crippen molar-refractivity contribution in [1.82, 2.24) is 5.32 Å². The van der Waals surface area contributed by atoms with Gasteiger partial charge in [0.05, 0.1) is 9.94 Å². The maximum Gasteiger partial charge on any atom is 0.0931 e. The minimum Gasteiger partial charge on any atom is -0.374 e. The van der Waals surface area contributed by atoms with Crippen molar-refractivity contribution < 1.29 is 4.74 Å². The van der Waals surface area contributed by atoms with E-state index >= 15 is 0 Å². The Labute approximate surface area is 138 Å². The molecule has 120 valence electrons. The lowest BCUT2D eigenvalue weighted by atomic mass is 9.74. The first-order valence-electron chi connectivity index (χ1n) is 8.21. The average molecular weight is 330 g/mol. The van der Waals surface area contributed by atoms with Gasteiger partial charge in [-0.3, -0.25) is 0 Å². The van der Waals surface area contributed by atoms with Crippen LogP contribution < -0.4 is 5.32 Å². The van der Waals surface area contributed by atoms with Crippen LogP contribution in [0, 0.1) is 5.92 Å². The summed E-state index contributed by atoms with van der Waals surface area (Å²) in [7, 11) is 0. The molecular formula is C17H28ClNOS. The molecular weight excluding hydrogens is 302 g/mol. The van der Waals surface area contributed by atoms with Crippen LogP contribution in [-0.2, 0) is 11.2 Å². The fourth-order valence-electron chi connectivity index (χ4n) is 3.48. The maximum absolute atomic E-state index is 6.32. The zero-order valence-electron chi connectivity index (χ0n) is 13.5. The molecule has 1 fully saturated rings. The van der Waals surface area contributed by atoms with Crippen LogP contribution in [0.2, 0.25) is 4.34 Å². The van der Waals surface area contributed by atoms with E-state index in [1.54, 1.807) is 11.3 Å². The van der Waals surface area contributed by atoms with E-state index in [9.17, 15) is 0 Å². The SMILES string of the molecule is CCNC(Cc1ccc(Cl)s1)C1(OCC)CCC(C)CC1. The Bertz CT molecular complexity index is 426. The summed E-state index contributed by atoms with van der Waals surface area (Å²) >= 11 is 7.78. The molecule has 1 aliphatic carbocycles. The number of rotatable bonds is 7. The van der Waals surface area contributed by atoms with Crippen LogP contribution in [0.25, 0.3) is 0 Å². The third-order valence-electron chi connectivity index (χ3n) is 4.67. The van der Waals surface area contributed by atoms with Gasteiger partial charge < -0.3 is 10.1 Å². The molecule has 0 saturated heterocycles. The van der Waals surface area contributed by atoms with Crippen LogP contribution >= 0.6 is 22.9 Å². The van der Waals surface area contributed by atoms with Crippen molar-refractivity contribution in [2.75, 3.05) is 13.2 Å². The van der Waals surface area contributed by atoms with Crippen LogP contribution in [0.5, 0.6) is 0 Å². The average Bonchev–Trinajstić information content (AvgIpc) is 2.87. The second-order valence-electron chi connectivity index (χ2n) is 6.20. The second kappa shape index (κ2) is 7.96. The molecule has 0 amide bonds. The fourth-order valence-corrected chi connectivity index (χ4v) is 4.62. The summed E-state index contributed by atoms with van der Waals surface area (Å²) in [4.78, 5) is 1.35. The van der Waals surface area contributed by atoms with E-state index < -0.39 is 0 Å². The Balaban J connectivity index is 2.15. The van der Waals surface area contributed by atoms with Crippen molar-refractivity contribution in [3.05, 3.63) is 21.3 Å². The van der Waals surface area contributed by atoms with Gasteiger partial charge in [-0.15, -0.1) is 11.3 Å². The minimum atomic E-state index is -0.00621. The smallest absolute Gasteiger partial charge is 0.0931 e. The Kier molecular flexibility index (Phi) is 6.54. The fraction of sp³-hybridized carbons (Fsp3) is 0.765. The molecule has 1 saturated carbocycles. The van der Waals surface area contributed by atoms with Crippen LogP contribution in [0.3, 0.4) is 0 Å². The van der Waals surface area contributed by atoms with E-state index in [0.29, 0.717) is 6.04 Å². The third-order valence-corrected chi connectivity index (χ3v) is 5.93. The molecule has 4 heteroatoms. The van der Waals surface area contributed by atoms with Gasteiger partial charge in [-0.05, 0) is 63.6 Å². The van der Waals surface area contributed by atoms with E-state index in [-0.39, 0.29) is 5.60 Å². The zero-order valence-corrected chi connectivity index (χ0v) is 15.0. The summed E-state index contributed by atoms with van der Waals surface area (Å²) < 4.78 is 7.20.